The molecule has 1 amide bonds. The second-order valence-electron chi connectivity index (χ2n) is 3.63. The number of hydrogen-bond acceptors (Lipinski definition) is 3. The summed E-state index contributed by atoms with van der Waals surface area (Å²) in [5.41, 5.74) is 0. The predicted molar refractivity (Wildman–Crippen MR) is 55.1 cm³/mol. The van der Waals surface area contributed by atoms with Crippen molar-refractivity contribution in [2.45, 2.75) is 32.3 Å². The molecule has 1 rings (SSSR count). The summed E-state index contributed by atoms with van der Waals surface area (Å²) >= 11 is 0. The van der Waals surface area contributed by atoms with Crippen molar-refractivity contribution < 1.29 is 9.53 Å². The maximum absolute atomic E-state index is 11.2. The Morgan fingerprint density at radius 3 is 3.14 bits per heavy atom. The van der Waals surface area contributed by atoms with Crippen LogP contribution in [0, 0.1) is 0 Å². The number of ether oxygens (including phenoxy) is 1. The molecule has 2 N–H and O–H groups in total. The zero-order valence-corrected chi connectivity index (χ0v) is 8.84. The lowest BCUT2D eigenvalue weighted by atomic mass is 10.1. The molecule has 0 saturated carbocycles. The summed E-state index contributed by atoms with van der Waals surface area (Å²) in [6.45, 7) is 4.92. The minimum Gasteiger partial charge on any atom is -0.367 e. The first-order valence-corrected chi connectivity index (χ1v) is 5.42. The van der Waals surface area contributed by atoms with Crippen molar-refractivity contribution in [3.8, 4) is 0 Å². The van der Waals surface area contributed by atoms with Crippen LogP contribution < -0.4 is 10.6 Å². The highest BCUT2D eigenvalue weighted by Crippen LogP contribution is 2.05. The highest BCUT2D eigenvalue weighted by atomic mass is 16.5. The molecule has 0 spiro atoms. The Hall–Kier alpha value is -0.610. The summed E-state index contributed by atoms with van der Waals surface area (Å²) in [7, 11) is 0. The number of amides is 1. The van der Waals surface area contributed by atoms with Crippen LogP contribution in [0.4, 0.5) is 0 Å². The molecule has 0 aromatic rings. The van der Waals surface area contributed by atoms with Gasteiger partial charge in [-0.1, -0.05) is 6.92 Å². The fourth-order valence-corrected chi connectivity index (χ4v) is 1.47. The van der Waals surface area contributed by atoms with Gasteiger partial charge in [0.1, 0.15) is 6.61 Å². The highest BCUT2D eigenvalue weighted by Gasteiger charge is 2.14. The number of rotatable bonds is 5. The van der Waals surface area contributed by atoms with E-state index in [1.54, 1.807) is 0 Å². The average molecular weight is 200 g/mol. The molecule has 1 aliphatic rings. The molecule has 0 aromatic heterocycles. The lowest BCUT2D eigenvalue weighted by Crippen LogP contribution is -2.38. The van der Waals surface area contributed by atoms with E-state index in [1.807, 2.05) is 6.92 Å². The third-order valence-corrected chi connectivity index (χ3v) is 2.27. The molecule has 0 aliphatic carbocycles. The van der Waals surface area contributed by atoms with Gasteiger partial charge in [0.05, 0.1) is 6.10 Å². The van der Waals surface area contributed by atoms with Crippen molar-refractivity contribution >= 4 is 5.91 Å². The summed E-state index contributed by atoms with van der Waals surface area (Å²) in [6, 6.07) is 0. The number of carbonyl (C=O) groups excluding carboxylic acids is 1. The smallest absolute Gasteiger partial charge is 0.246 e. The van der Waals surface area contributed by atoms with Crippen LogP contribution >= 0.6 is 0 Å². The monoisotopic (exact) mass is 200 g/mol. The van der Waals surface area contributed by atoms with Gasteiger partial charge in [-0.3, -0.25) is 4.79 Å². The molecular weight excluding hydrogens is 180 g/mol. The standard InChI is InChI=1S/C10H20N2O2/c1-2-5-12-10(13)8-14-9-4-3-6-11-7-9/h9,11H,2-8H2,1H3,(H,12,13)/t9-/m1/s1. The molecular formula is C10H20N2O2. The maximum atomic E-state index is 11.2. The molecule has 4 nitrogen and oxygen atoms in total. The van der Waals surface area contributed by atoms with Gasteiger partial charge in [-0.05, 0) is 25.8 Å². The van der Waals surface area contributed by atoms with Crippen LogP contribution in [0.2, 0.25) is 0 Å². The summed E-state index contributed by atoms with van der Waals surface area (Å²) in [4.78, 5) is 11.2. The highest BCUT2D eigenvalue weighted by molar-refractivity contribution is 5.77. The minimum atomic E-state index is -0.00239. The normalized spacial score (nSPS) is 21.9. The fourth-order valence-electron chi connectivity index (χ4n) is 1.47. The Morgan fingerprint density at radius 1 is 1.64 bits per heavy atom. The van der Waals surface area contributed by atoms with Crippen LogP contribution in [-0.2, 0) is 9.53 Å². The molecule has 14 heavy (non-hydrogen) atoms. The molecule has 1 heterocycles. The number of piperidine rings is 1. The van der Waals surface area contributed by atoms with E-state index in [0.29, 0.717) is 0 Å². The van der Waals surface area contributed by atoms with Crippen molar-refractivity contribution in [2.24, 2.45) is 0 Å². The topological polar surface area (TPSA) is 50.4 Å². The van der Waals surface area contributed by atoms with Gasteiger partial charge in [0, 0.05) is 13.1 Å². The minimum absolute atomic E-state index is 0.00239. The average Bonchev–Trinajstić information content (AvgIpc) is 2.25. The largest absolute Gasteiger partial charge is 0.367 e. The Morgan fingerprint density at radius 2 is 2.50 bits per heavy atom. The third-order valence-electron chi connectivity index (χ3n) is 2.27. The fraction of sp³-hybridized carbons (Fsp3) is 0.900. The molecule has 82 valence electrons. The van der Waals surface area contributed by atoms with Crippen molar-refractivity contribution in [1.82, 2.24) is 10.6 Å². The molecule has 0 radical (unpaired) electrons. The summed E-state index contributed by atoms with van der Waals surface area (Å²) in [6.07, 6.45) is 3.39. The Labute approximate surface area is 85.4 Å². The Bertz CT molecular complexity index is 168. The van der Waals surface area contributed by atoms with Crippen molar-refractivity contribution in [3.63, 3.8) is 0 Å². The summed E-state index contributed by atoms with van der Waals surface area (Å²) in [5, 5.41) is 6.03. The van der Waals surface area contributed by atoms with E-state index in [0.717, 1.165) is 38.9 Å². The van der Waals surface area contributed by atoms with Crippen LogP contribution in [0.15, 0.2) is 0 Å². The second kappa shape index (κ2) is 6.79. The molecule has 0 bridgehead atoms. The van der Waals surface area contributed by atoms with Gasteiger partial charge in [-0.2, -0.15) is 0 Å². The van der Waals surface area contributed by atoms with E-state index in [4.69, 9.17) is 4.74 Å². The van der Waals surface area contributed by atoms with Gasteiger partial charge < -0.3 is 15.4 Å². The first kappa shape index (κ1) is 11.5. The molecule has 1 aliphatic heterocycles. The zero-order chi connectivity index (χ0) is 10.2. The lowest BCUT2D eigenvalue weighted by Gasteiger charge is -2.22. The van der Waals surface area contributed by atoms with E-state index in [2.05, 4.69) is 10.6 Å². The van der Waals surface area contributed by atoms with Crippen LogP contribution in [0.5, 0.6) is 0 Å². The number of nitrogens with one attached hydrogen (secondary N) is 2. The quantitative estimate of drug-likeness (QED) is 0.670. The molecule has 1 atom stereocenters. The third kappa shape index (κ3) is 4.58. The predicted octanol–water partition coefficient (Wildman–Crippen LogP) is 0.281. The van der Waals surface area contributed by atoms with Gasteiger partial charge in [0.2, 0.25) is 5.91 Å². The SMILES string of the molecule is CCCNC(=O)CO[C@@H]1CCCNC1. The maximum Gasteiger partial charge on any atom is 0.246 e. The lowest BCUT2D eigenvalue weighted by molar-refractivity contribution is -0.128. The van der Waals surface area contributed by atoms with E-state index < -0.39 is 0 Å². The van der Waals surface area contributed by atoms with Crippen molar-refractivity contribution in [1.29, 1.82) is 0 Å². The van der Waals surface area contributed by atoms with Crippen LogP contribution in [-0.4, -0.2) is 38.3 Å². The van der Waals surface area contributed by atoms with Crippen LogP contribution in [0.1, 0.15) is 26.2 Å². The van der Waals surface area contributed by atoms with Gasteiger partial charge in [-0.15, -0.1) is 0 Å². The molecule has 4 heteroatoms. The Kier molecular flexibility index (Phi) is 5.56. The first-order valence-electron chi connectivity index (χ1n) is 5.42. The van der Waals surface area contributed by atoms with E-state index in [9.17, 15) is 4.79 Å². The number of hydrogen-bond donors (Lipinski definition) is 2. The number of carbonyl (C=O) groups is 1. The van der Waals surface area contributed by atoms with E-state index in [-0.39, 0.29) is 18.6 Å². The van der Waals surface area contributed by atoms with Gasteiger partial charge >= 0.3 is 0 Å². The van der Waals surface area contributed by atoms with Crippen LogP contribution in [0.3, 0.4) is 0 Å². The summed E-state index contributed by atoms with van der Waals surface area (Å²) < 4.78 is 5.47. The zero-order valence-electron chi connectivity index (χ0n) is 8.84. The first-order chi connectivity index (χ1) is 6.83. The molecule has 1 saturated heterocycles. The second-order valence-corrected chi connectivity index (χ2v) is 3.63. The molecule has 0 aromatic carbocycles. The van der Waals surface area contributed by atoms with E-state index in [1.165, 1.54) is 0 Å². The van der Waals surface area contributed by atoms with Crippen molar-refractivity contribution in [3.05, 3.63) is 0 Å². The van der Waals surface area contributed by atoms with E-state index >= 15 is 0 Å². The molecule has 0 unspecified atom stereocenters. The Balaban J connectivity index is 2.03. The van der Waals surface area contributed by atoms with Gasteiger partial charge in [0.25, 0.3) is 0 Å². The van der Waals surface area contributed by atoms with Crippen molar-refractivity contribution in [2.75, 3.05) is 26.2 Å². The van der Waals surface area contributed by atoms with Gasteiger partial charge in [-0.25, -0.2) is 0 Å². The van der Waals surface area contributed by atoms with Gasteiger partial charge in [0.15, 0.2) is 0 Å². The molecule has 1 fully saturated rings. The summed E-state index contributed by atoms with van der Waals surface area (Å²) in [5.74, 6) is -0.00239. The van der Waals surface area contributed by atoms with Crippen LogP contribution in [0.25, 0.3) is 0 Å².